The van der Waals surface area contributed by atoms with Crippen LogP contribution < -0.4 is 0 Å². The zero-order chi connectivity index (χ0) is 9.94. The summed E-state index contributed by atoms with van der Waals surface area (Å²) in [5.41, 5.74) is 0. The maximum absolute atomic E-state index is 10.8. The summed E-state index contributed by atoms with van der Waals surface area (Å²) in [6.07, 6.45) is 0. The summed E-state index contributed by atoms with van der Waals surface area (Å²) in [5.74, 6) is -0.394. The van der Waals surface area contributed by atoms with Gasteiger partial charge in [-0.1, -0.05) is 0 Å². The molecule has 1 N–H and O–H groups in total. The summed E-state index contributed by atoms with van der Waals surface area (Å²) in [7, 11) is 0. The molecule has 0 saturated heterocycles. The lowest BCUT2D eigenvalue weighted by atomic mass is 10.7. The first-order valence-electron chi connectivity index (χ1n) is 4.23. The van der Waals surface area contributed by atoms with E-state index in [0.29, 0.717) is 13.2 Å². The Kier molecular flexibility index (Phi) is 8.97. The maximum atomic E-state index is 10.8. The molecule has 5 heteroatoms. The monoisotopic (exact) mass is 192 g/mol. The highest BCUT2D eigenvalue weighted by Crippen LogP contribution is 1.82. The van der Waals surface area contributed by atoms with E-state index in [1.54, 1.807) is 6.92 Å². The van der Waals surface area contributed by atoms with Gasteiger partial charge >= 0.3 is 5.97 Å². The molecule has 0 atom stereocenters. The van der Waals surface area contributed by atoms with Crippen LogP contribution in [0.1, 0.15) is 6.92 Å². The first-order valence-corrected chi connectivity index (χ1v) is 4.23. The molecule has 78 valence electrons. The molecule has 0 bridgehead atoms. The Hall–Kier alpha value is -0.650. The van der Waals surface area contributed by atoms with E-state index in [1.807, 2.05) is 0 Å². The molecule has 0 aromatic rings. The first kappa shape index (κ1) is 12.3. The quantitative estimate of drug-likeness (QED) is 0.418. The number of rotatable bonds is 8. The van der Waals surface area contributed by atoms with E-state index in [9.17, 15) is 4.79 Å². The molecule has 0 fully saturated rings. The molecule has 0 unspecified atom stereocenters. The van der Waals surface area contributed by atoms with Crippen molar-refractivity contribution >= 4 is 5.97 Å². The summed E-state index contributed by atoms with van der Waals surface area (Å²) in [6, 6.07) is 0. The predicted octanol–water partition coefficient (Wildman–Crippen LogP) is -0.425. The minimum Gasteiger partial charge on any atom is -0.462 e. The molecule has 0 heterocycles. The molecule has 0 amide bonds. The van der Waals surface area contributed by atoms with Crippen molar-refractivity contribution in [3.05, 3.63) is 0 Å². The topological polar surface area (TPSA) is 65.0 Å². The van der Waals surface area contributed by atoms with Gasteiger partial charge in [-0.2, -0.15) is 0 Å². The first-order chi connectivity index (χ1) is 6.31. The summed E-state index contributed by atoms with van der Waals surface area (Å²) in [5, 5.41) is 8.34. The van der Waals surface area contributed by atoms with Crippen LogP contribution in [0.25, 0.3) is 0 Å². The lowest BCUT2D eigenvalue weighted by Gasteiger charge is -2.04. The third-order valence-corrected chi connectivity index (χ3v) is 1.15. The molecule has 0 aliphatic rings. The average Bonchev–Trinajstić information content (AvgIpc) is 2.14. The minimum absolute atomic E-state index is 0.0174. The van der Waals surface area contributed by atoms with Crippen LogP contribution in [-0.4, -0.2) is 50.7 Å². The fourth-order valence-corrected chi connectivity index (χ4v) is 0.608. The molecule has 13 heavy (non-hydrogen) atoms. The number of hydrogen-bond donors (Lipinski definition) is 1. The van der Waals surface area contributed by atoms with Gasteiger partial charge in [-0.3, -0.25) is 0 Å². The van der Waals surface area contributed by atoms with Gasteiger partial charge in [-0.15, -0.1) is 0 Å². The van der Waals surface area contributed by atoms with Gasteiger partial charge in [-0.05, 0) is 6.92 Å². The lowest BCUT2D eigenvalue weighted by molar-refractivity contribution is -0.150. The summed E-state index contributed by atoms with van der Waals surface area (Å²) in [6.45, 7) is 3.03. The summed E-state index contributed by atoms with van der Waals surface area (Å²) < 4.78 is 14.4. The van der Waals surface area contributed by atoms with Crippen molar-refractivity contribution in [3.8, 4) is 0 Å². The number of esters is 1. The molecule has 0 aromatic carbocycles. The van der Waals surface area contributed by atoms with Crippen LogP contribution in [0.15, 0.2) is 0 Å². The van der Waals surface area contributed by atoms with Crippen molar-refractivity contribution in [3.63, 3.8) is 0 Å². The van der Waals surface area contributed by atoms with E-state index in [-0.39, 0.29) is 26.4 Å². The Morgan fingerprint density at radius 1 is 1.23 bits per heavy atom. The van der Waals surface area contributed by atoms with E-state index in [2.05, 4.69) is 0 Å². The standard InChI is InChI=1S/C8H16O5/c1-2-11-7-8(10)13-6-5-12-4-3-9/h9H,2-7H2,1H3. The highest BCUT2D eigenvalue weighted by atomic mass is 16.6. The van der Waals surface area contributed by atoms with Crippen LogP contribution in [0.5, 0.6) is 0 Å². The van der Waals surface area contributed by atoms with Gasteiger partial charge in [0.2, 0.25) is 0 Å². The molecular formula is C8H16O5. The predicted molar refractivity (Wildman–Crippen MR) is 45.4 cm³/mol. The largest absolute Gasteiger partial charge is 0.462 e. The average molecular weight is 192 g/mol. The van der Waals surface area contributed by atoms with Crippen LogP contribution in [-0.2, 0) is 19.0 Å². The molecule has 5 nitrogen and oxygen atoms in total. The van der Waals surface area contributed by atoms with Crippen molar-refractivity contribution in [1.82, 2.24) is 0 Å². The molecule has 0 saturated carbocycles. The fourth-order valence-electron chi connectivity index (χ4n) is 0.608. The second kappa shape index (κ2) is 9.44. The molecular weight excluding hydrogens is 176 g/mol. The lowest BCUT2D eigenvalue weighted by Crippen LogP contribution is -2.16. The van der Waals surface area contributed by atoms with E-state index in [1.165, 1.54) is 0 Å². The third-order valence-electron chi connectivity index (χ3n) is 1.15. The summed E-state index contributed by atoms with van der Waals surface area (Å²) >= 11 is 0. The van der Waals surface area contributed by atoms with Gasteiger partial charge in [0, 0.05) is 6.61 Å². The van der Waals surface area contributed by atoms with Gasteiger partial charge in [0.15, 0.2) is 0 Å². The smallest absolute Gasteiger partial charge is 0.332 e. The van der Waals surface area contributed by atoms with Crippen LogP contribution in [0.3, 0.4) is 0 Å². The van der Waals surface area contributed by atoms with Crippen molar-refractivity contribution in [2.45, 2.75) is 6.92 Å². The zero-order valence-corrected chi connectivity index (χ0v) is 7.82. The Morgan fingerprint density at radius 3 is 2.62 bits per heavy atom. The molecule has 0 rings (SSSR count). The van der Waals surface area contributed by atoms with E-state index in [0.717, 1.165) is 0 Å². The number of carbonyl (C=O) groups excluding carboxylic acids is 1. The van der Waals surface area contributed by atoms with Crippen molar-refractivity contribution in [2.24, 2.45) is 0 Å². The van der Waals surface area contributed by atoms with Gasteiger partial charge in [-0.25, -0.2) is 4.79 Å². The minimum atomic E-state index is -0.394. The van der Waals surface area contributed by atoms with E-state index >= 15 is 0 Å². The second-order valence-electron chi connectivity index (χ2n) is 2.19. The third kappa shape index (κ3) is 9.26. The van der Waals surface area contributed by atoms with Crippen LogP contribution in [0.4, 0.5) is 0 Å². The van der Waals surface area contributed by atoms with Gasteiger partial charge in [0.05, 0.1) is 19.8 Å². The van der Waals surface area contributed by atoms with Crippen LogP contribution in [0.2, 0.25) is 0 Å². The molecule has 0 spiro atoms. The highest BCUT2D eigenvalue weighted by molar-refractivity contribution is 5.70. The molecule has 0 radical (unpaired) electrons. The number of ether oxygens (including phenoxy) is 3. The number of hydrogen-bond acceptors (Lipinski definition) is 5. The fraction of sp³-hybridized carbons (Fsp3) is 0.875. The van der Waals surface area contributed by atoms with Crippen molar-refractivity contribution in [1.29, 1.82) is 0 Å². The summed E-state index contributed by atoms with van der Waals surface area (Å²) in [4.78, 5) is 10.8. The molecule has 0 aromatic heterocycles. The van der Waals surface area contributed by atoms with E-state index < -0.39 is 5.97 Å². The highest BCUT2D eigenvalue weighted by Gasteiger charge is 2.00. The SMILES string of the molecule is CCOCC(=O)OCCOCCO. The van der Waals surface area contributed by atoms with Crippen molar-refractivity contribution in [2.75, 3.05) is 39.6 Å². The zero-order valence-electron chi connectivity index (χ0n) is 7.82. The van der Waals surface area contributed by atoms with Crippen molar-refractivity contribution < 1.29 is 24.1 Å². The number of carbonyl (C=O) groups is 1. The maximum Gasteiger partial charge on any atom is 0.332 e. The Bertz CT molecular complexity index is 126. The number of aliphatic hydroxyl groups is 1. The van der Waals surface area contributed by atoms with E-state index in [4.69, 9.17) is 19.3 Å². The second-order valence-corrected chi connectivity index (χ2v) is 2.19. The number of aliphatic hydroxyl groups excluding tert-OH is 1. The Morgan fingerprint density at radius 2 is 2.00 bits per heavy atom. The van der Waals surface area contributed by atoms with Gasteiger partial charge in [0.1, 0.15) is 13.2 Å². The van der Waals surface area contributed by atoms with Gasteiger partial charge in [0.25, 0.3) is 0 Å². The Balaban J connectivity index is 3.08. The van der Waals surface area contributed by atoms with Crippen LogP contribution >= 0.6 is 0 Å². The molecule has 0 aliphatic heterocycles. The molecule has 0 aliphatic carbocycles. The van der Waals surface area contributed by atoms with Gasteiger partial charge < -0.3 is 19.3 Å². The Labute approximate surface area is 77.6 Å². The normalized spacial score (nSPS) is 10.0. The van der Waals surface area contributed by atoms with Crippen LogP contribution in [0, 0.1) is 0 Å².